The zero-order valence-corrected chi connectivity index (χ0v) is 12.0. The number of carbonyl (C=O) groups excluding carboxylic acids is 1. The number of hydrogen-bond donors (Lipinski definition) is 0. The van der Waals surface area contributed by atoms with Crippen molar-refractivity contribution in [2.24, 2.45) is 5.92 Å². The van der Waals surface area contributed by atoms with Crippen LogP contribution in [0.2, 0.25) is 0 Å². The highest BCUT2D eigenvalue weighted by Crippen LogP contribution is 2.29. The second-order valence-corrected chi connectivity index (χ2v) is 6.05. The van der Waals surface area contributed by atoms with Crippen molar-refractivity contribution in [3.8, 4) is 0 Å². The lowest BCUT2D eigenvalue weighted by Gasteiger charge is -2.23. The fraction of sp³-hybridized carbons (Fsp3) is 0.316. The van der Waals surface area contributed by atoms with Gasteiger partial charge < -0.3 is 4.74 Å². The highest BCUT2D eigenvalue weighted by molar-refractivity contribution is 5.98. The summed E-state index contributed by atoms with van der Waals surface area (Å²) in [6, 6.07) is 14.5. The highest BCUT2D eigenvalue weighted by atomic mass is 16.5. The SMILES string of the molecule is O=C(c1ccc2c(c1)COC2)C1CCc2ccccc2C1. The molecule has 106 valence electrons. The van der Waals surface area contributed by atoms with E-state index < -0.39 is 0 Å². The van der Waals surface area contributed by atoms with E-state index in [0.717, 1.165) is 24.8 Å². The van der Waals surface area contributed by atoms with Gasteiger partial charge in [0.1, 0.15) is 0 Å². The number of aryl methyl sites for hydroxylation is 1. The van der Waals surface area contributed by atoms with Crippen LogP contribution in [0.5, 0.6) is 0 Å². The molecule has 1 unspecified atom stereocenters. The summed E-state index contributed by atoms with van der Waals surface area (Å²) in [4.78, 5) is 12.8. The number of Topliss-reactive ketones (excluding diaryl/α,β-unsaturated/α-hetero) is 1. The van der Waals surface area contributed by atoms with Crippen molar-refractivity contribution in [3.63, 3.8) is 0 Å². The van der Waals surface area contributed by atoms with Gasteiger partial charge >= 0.3 is 0 Å². The Bertz CT molecular complexity index is 702. The molecule has 1 atom stereocenters. The number of hydrogen-bond acceptors (Lipinski definition) is 2. The van der Waals surface area contributed by atoms with Crippen molar-refractivity contribution in [1.29, 1.82) is 0 Å². The molecule has 0 bridgehead atoms. The first-order valence-electron chi connectivity index (χ1n) is 7.62. The van der Waals surface area contributed by atoms with Gasteiger partial charge in [-0.25, -0.2) is 0 Å². The van der Waals surface area contributed by atoms with E-state index in [1.165, 1.54) is 22.3 Å². The van der Waals surface area contributed by atoms with Crippen molar-refractivity contribution < 1.29 is 9.53 Å². The minimum atomic E-state index is 0.125. The van der Waals surface area contributed by atoms with Crippen molar-refractivity contribution >= 4 is 5.78 Å². The molecular weight excluding hydrogens is 260 g/mol. The summed E-state index contributed by atoms with van der Waals surface area (Å²) in [6.45, 7) is 1.32. The van der Waals surface area contributed by atoms with E-state index in [2.05, 4.69) is 24.3 Å². The number of benzene rings is 2. The largest absolute Gasteiger partial charge is 0.372 e. The van der Waals surface area contributed by atoms with Crippen LogP contribution in [0.15, 0.2) is 42.5 Å². The molecule has 0 saturated heterocycles. The summed E-state index contributed by atoms with van der Waals surface area (Å²) in [6.07, 6.45) is 2.85. The quantitative estimate of drug-likeness (QED) is 0.783. The minimum absolute atomic E-state index is 0.125. The maximum Gasteiger partial charge on any atom is 0.166 e. The van der Waals surface area contributed by atoms with Crippen LogP contribution in [-0.2, 0) is 30.8 Å². The van der Waals surface area contributed by atoms with Crippen LogP contribution in [0.1, 0.15) is 39.0 Å². The second kappa shape index (κ2) is 5.12. The van der Waals surface area contributed by atoms with Gasteiger partial charge in [0.05, 0.1) is 13.2 Å². The summed E-state index contributed by atoms with van der Waals surface area (Å²) in [5.74, 6) is 0.416. The molecule has 2 aromatic rings. The van der Waals surface area contributed by atoms with Crippen molar-refractivity contribution in [3.05, 3.63) is 70.3 Å². The molecule has 2 aliphatic rings. The number of carbonyl (C=O) groups is 1. The van der Waals surface area contributed by atoms with Gasteiger partial charge in [-0.15, -0.1) is 0 Å². The Labute approximate surface area is 124 Å². The van der Waals surface area contributed by atoms with Crippen molar-refractivity contribution in [1.82, 2.24) is 0 Å². The van der Waals surface area contributed by atoms with Crippen LogP contribution in [0, 0.1) is 5.92 Å². The van der Waals surface area contributed by atoms with E-state index in [1.807, 2.05) is 18.2 Å². The first-order valence-corrected chi connectivity index (χ1v) is 7.62. The zero-order chi connectivity index (χ0) is 14.2. The number of ketones is 1. The third kappa shape index (κ3) is 2.30. The molecule has 0 radical (unpaired) electrons. The molecule has 2 heteroatoms. The summed E-state index contributed by atoms with van der Waals surface area (Å²) in [7, 11) is 0. The average Bonchev–Trinajstić information content (AvgIpc) is 3.01. The maximum absolute atomic E-state index is 12.8. The Morgan fingerprint density at radius 1 is 0.952 bits per heavy atom. The predicted octanol–water partition coefficient (Wildman–Crippen LogP) is 3.70. The van der Waals surface area contributed by atoms with Gasteiger partial charge in [0.15, 0.2) is 5.78 Å². The summed E-state index contributed by atoms with van der Waals surface area (Å²) < 4.78 is 5.43. The molecular formula is C19H18O2. The van der Waals surface area contributed by atoms with E-state index in [-0.39, 0.29) is 5.92 Å². The van der Waals surface area contributed by atoms with Gasteiger partial charge in [-0.2, -0.15) is 0 Å². The fourth-order valence-corrected chi connectivity index (χ4v) is 3.48. The first-order chi connectivity index (χ1) is 10.3. The Kier molecular flexibility index (Phi) is 3.12. The molecule has 0 aromatic heterocycles. The molecule has 1 aliphatic carbocycles. The van der Waals surface area contributed by atoms with Crippen LogP contribution in [0.3, 0.4) is 0 Å². The molecule has 1 heterocycles. The van der Waals surface area contributed by atoms with Crippen LogP contribution < -0.4 is 0 Å². The average molecular weight is 278 g/mol. The normalized spacial score (nSPS) is 19.9. The van der Waals surface area contributed by atoms with Crippen LogP contribution in [-0.4, -0.2) is 5.78 Å². The lowest BCUT2D eigenvalue weighted by atomic mass is 9.80. The minimum Gasteiger partial charge on any atom is -0.372 e. The summed E-state index contributed by atoms with van der Waals surface area (Å²) in [5, 5.41) is 0. The fourth-order valence-electron chi connectivity index (χ4n) is 3.48. The second-order valence-electron chi connectivity index (χ2n) is 6.05. The Morgan fingerprint density at radius 3 is 2.67 bits per heavy atom. The number of ether oxygens (including phenoxy) is 1. The van der Waals surface area contributed by atoms with Crippen LogP contribution in [0.4, 0.5) is 0 Å². The molecule has 2 nitrogen and oxygen atoms in total. The van der Waals surface area contributed by atoms with Gasteiger partial charge in [0.25, 0.3) is 0 Å². The Hall–Kier alpha value is -1.93. The molecule has 0 amide bonds. The third-order valence-electron chi connectivity index (χ3n) is 4.72. The monoisotopic (exact) mass is 278 g/mol. The molecule has 4 rings (SSSR count). The van der Waals surface area contributed by atoms with Gasteiger partial charge in [-0.1, -0.05) is 36.4 Å². The molecule has 21 heavy (non-hydrogen) atoms. The highest BCUT2D eigenvalue weighted by Gasteiger charge is 2.26. The van der Waals surface area contributed by atoms with E-state index in [4.69, 9.17) is 4.74 Å². The first kappa shape index (κ1) is 12.8. The van der Waals surface area contributed by atoms with Gasteiger partial charge in [-0.3, -0.25) is 4.79 Å². The smallest absolute Gasteiger partial charge is 0.166 e. The topological polar surface area (TPSA) is 26.3 Å². The van der Waals surface area contributed by atoms with Crippen LogP contribution >= 0.6 is 0 Å². The van der Waals surface area contributed by atoms with Crippen molar-refractivity contribution in [2.45, 2.75) is 32.5 Å². The summed E-state index contributed by atoms with van der Waals surface area (Å²) in [5.41, 5.74) is 6.00. The molecule has 0 fully saturated rings. The molecule has 0 saturated carbocycles. The number of rotatable bonds is 2. The standard InChI is InChI=1S/C19H18O2/c20-19(16-7-8-17-11-21-12-18(17)10-16)15-6-5-13-3-1-2-4-14(13)9-15/h1-4,7-8,10,15H,5-6,9,11-12H2. The Balaban J connectivity index is 1.59. The van der Waals surface area contributed by atoms with E-state index in [0.29, 0.717) is 19.0 Å². The van der Waals surface area contributed by atoms with E-state index in [1.54, 1.807) is 0 Å². The third-order valence-corrected chi connectivity index (χ3v) is 4.72. The molecule has 0 N–H and O–H groups in total. The predicted molar refractivity (Wildman–Crippen MR) is 81.2 cm³/mol. The van der Waals surface area contributed by atoms with Gasteiger partial charge in [0.2, 0.25) is 0 Å². The Morgan fingerprint density at radius 2 is 1.76 bits per heavy atom. The maximum atomic E-state index is 12.8. The van der Waals surface area contributed by atoms with Crippen LogP contribution in [0.25, 0.3) is 0 Å². The summed E-state index contributed by atoms with van der Waals surface area (Å²) >= 11 is 0. The van der Waals surface area contributed by atoms with Crippen molar-refractivity contribution in [2.75, 3.05) is 0 Å². The lowest BCUT2D eigenvalue weighted by Crippen LogP contribution is -2.23. The lowest BCUT2D eigenvalue weighted by molar-refractivity contribution is 0.0908. The molecule has 0 spiro atoms. The van der Waals surface area contributed by atoms with E-state index >= 15 is 0 Å². The molecule has 1 aliphatic heterocycles. The van der Waals surface area contributed by atoms with Gasteiger partial charge in [0, 0.05) is 11.5 Å². The number of fused-ring (bicyclic) bond motifs is 2. The van der Waals surface area contributed by atoms with Gasteiger partial charge in [-0.05, 0) is 47.6 Å². The van der Waals surface area contributed by atoms with E-state index in [9.17, 15) is 4.79 Å². The molecule has 2 aromatic carbocycles. The zero-order valence-electron chi connectivity index (χ0n) is 12.0.